The zero-order valence-electron chi connectivity index (χ0n) is 11.3. The Balaban J connectivity index is 1.91. The average Bonchev–Trinajstić information content (AvgIpc) is 2.49. The molecular weight excluding hydrogens is 292 g/mol. The summed E-state index contributed by atoms with van der Waals surface area (Å²) in [5.41, 5.74) is 1.80. The second kappa shape index (κ2) is 6.85. The molecule has 2 aromatic rings. The van der Waals surface area contributed by atoms with Gasteiger partial charge in [0.1, 0.15) is 0 Å². The van der Waals surface area contributed by atoms with Crippen molar-refractivity contribution in [3.8, 4) is 0 Å². The molecule has 5 nitrogen and oxygen atoms in total. The molecule has 6 heteroatoms. The predicted molar refractivity (Wildman–Crippen MR) is 79.3 cm³/mol. The number of carbonyl (C=O) groups is 2. The lowest BCUT2D eigenvalue weighted by Gasteiger charge is -2.09. The first kappa shape index (κ1) is 15.0. The van der Waals surface area contributed by atoms with Gasteiger partial charge in [-0.15, -0.1) is 0 Å². The van der Waals surface area contributed by atoms with Crippen LogP contribution in [-0.4, -0.2) is 23.5 Å². The van der Waals surface area contributed by atoms with E-state index in [9.17, 15) is 9.59 Å². The Morgan fingerprint density at radius 3 is 2.67 bits per heavy atom. The minimum absolute atomic E-state index is 0.344. The van der Waals surface area contributed by atoms with Crippen molar-refractivity contribution in [2.75, 3.05) is 11.9 Å². The maximum Gasteiger partial charge on any atom is 0.338 e. The van der Waals surface area contributed by atoms with Crippen LogP contribution in [-0.2, 0) is 9.53 Å². The lowest BCUT2D eigenvalue weighted by Crippen LogP contribution is -2.21. The molecule has 0 fully saturated rings. The van der Waals surface area contributed by atoms with E-state index in [4.69, 9.17) is 16.3 Å². The van der Waals surface area contributed by atoms with Crippen LogP contribution >= 0.6 is 11.6 Å². The molecule has 1 aromatic heterocycles. The van der Waals surface area contributed by atoms with Crippen molar-refractivity contribution in [2.45, 2.75) is 6.92 Å². The third-order valence-corrected chi connectivity index (χ3v) is 2.96. The monoisotopic (exact) mass is 304 g/mol. The van der Waals surface area contributed by atoms with E-state index in [1.54, 1.807) is 18.2 Å². The minimum Gasteiger partial charge on any atom is -0.452 e. The summed E-state index contributed by atoms with van der Waals surface area (Å²) in [6, 6.07) is 8.19. The highest BCUT2D eigenvalue weighted by Gasteiger charge is 2.11. The third kappa shape index (κ3) is 4.29. The van der Waals surface area contributed by atoms with Gasteiger partial charge in [-0.1, -0.05) is 17.7 Å². The highest BCUT2D eigenvalue weighted by molar-refractivity contribution is 6.31. The smallest absolute Gasteiger partial charge is 0.338 e. The number of nitrogens with one attached hydrogen (secondary N) is 1. The Bertz CT molecular complexity index is 659. The van der Waals surface area contributed by atoms with Gasteiger partial charge in [0.05, 0.1) is 5.56 Å². The molecule has 1 N–H and O–H groups in total. The van der Waals surface area contributed by atoms with Crippen LogP contribution in [0.3, 0.4) is 0 Å². The molecule has 0 atom stereocenters. The van der Waals surface area contributed by atoms with Gasteiger partial charge < -0.3 is 10.1 Å². The van der Waals surface area contributed by atoms with E-state index in [0.717, 1.165) is 5.56 Å². The van der Waals surface area contributed by atoms with Crippen LogP contribution < -0.4 is 5.32 Å². The summed E-state index contributed by atoms with van der Waals surface area (Å²) in [5, 5.41) is 3.16. The number of nitrogens with zero attached hydrogens (tertiary/aromatic N) is 1. The molecule has 0 aliphatic carbocycles. The maximum absolute atomic E-state index is 11.8. The number of esters is 1. The molecule has 0 radical (unpaired) electrons. The van der Waals surface area contributed by atoms with E-state index in [0.29, 0.717) is 16.3 Å². The first-order valence-electron chi connectivity index (χ1n) is 6.19. The van der Waals surface area contributed by atoms with Crippen molar-refractivity contribution in [3.05, 3.63) is 58.9 Å². The van der Waals surface area contributed by atoms with Crippen LogP contribution in [0.1, 0.15) is 15.9 Å². The molecule has 0 aliphatic rings. The number of benzene rings is 1. The van der Waals surface area contributed by atoms with Gasteiger partial charge >= 0.3 is 5.97 Å². The van der Waals surface area contributed by atoms with E-state index in [1.165, 1.54) is 24.5 Å². The van der Waals surface area contributed by atoms with Crippen LogP contribution in [0.2, 0.25) is 5.02 Å². The second-order valence-corrected chi connectivity index (χ2v) is 4.76. The van der Waals surface area contributed by atoms with E-state index in [1.807, 2.05) is 6.92 Å². The summed E-state index contributed by atoms with van der Waals surface area (Å²) in [4.78, 5) is 27.2. The number of carbonyl (C=O) groups excluding carboxylic acids is 2. The van der Waals surface area contributed by atoms with Gasteiger partial charge in [0.2, 0.25) is 0 Å². The molecule has 0 saturated carbocycles. The minimum atomic E-state index is -0.574. The van der Waals surface area contributed by atoms with E-state index < -0.39 is 11.9 Å². The number of rotatable bonds is 4. The van der Waals surface area contributed by atoms with Crippen molar-refractivity contribution >= 4 is 29.2 Å². The summed E-state index contributed by atoms with van der Waals surface area (Å²) in [6.07, 6.45) is 2.96. The highest BCUT2D eigenvalue weighted by atomic mass is 35.5. The summed E-state index contributed by atoms with van der Waals surface area (Å²) in [5.74, 6) is -1.00. The summed E-state index contributed by atoms with van der Waals surface area (Å²) in [7, 11) is 0. The number of amides is 1. The lowest BCUT2D eigenvalue weighted by atomic mass is 10.2. The summed E-state index contributed by atoms with van der Waals surface area (Å²) in [6.45, 7) is 1.47. The standard InChI is InChI=1S/C15H13ClN2O3/c1-10-2-3-12(16)8-13(10)18-14(19)9-21-15(20)11-4-6-17-7-5-11/h2-8H,9H2,1H3,(H,18,19). The molecule has 0 spiro atoms. The van der Waals surface area contributed by atoms with Gasteiger partial charge in [-0.2, -0.15) is 0 Å². The second-order valence-electron chi connectivity index (χ2n) is 4.32. The summed E-state index contributed by atoms with van der Waals surface area (Å²) < 4.78 is 4.92. The first-order chi connectivity index (χ1) is 10.1. The Labute approximate surface area is 126 Å². The Morgan fingerprint density at radius 2 is 1.95 bits per heavy atom. The first-order valence-corrected chi connectivity index (χ1v) is 6.57. The molecular formula is C15H13ClN2O3. The Morgan fingerprint density at radius 1 is 1.24 bits per heavy atom. The van der Waals surface area contributed by atoms with Gasteiger partial charge in [-0.05, 0) is 36.8 Å². The normalized spacial score (nSPS) is 10.0. The highest BCUT2D eigenvalue weighted by Crippen LogP contribution is 2.19. The van der Waals surface area contributed by atoms with E-state index in [-0.39, 0.29) is 6.61 Å². The molecule has 108 valence electrons. The topological polar surface area (TPSA) is 68.3 Å². The van der Waals surface area contributed by atoms with E-state index in [2.05, 4.69) is 10.3 Å². The van der Waals surface area contributed by atoms with Crippen LogP contribution in [0.25, 0.3) is 0 Å². The van der Waals surface area contributed by atoms with Gasteiger partial charge in [0.15, 0.2) is 6.61 Å². The molecule has 21 heavy (non-hydrogen) atoms. The molecule has 2 rings (SSSR count). The number of halogens is 1. The van der Waals surface area contributed by atoms with Crippen LogP contribution in [0, 0.1) is 6.92 Å². The van der Waals surface area contributed by atoms with Crippen LogP contribution in [0.4, 0.5) is 5.69 Å². The molecule has 0 aliphatic heterocycles. The van der Waals surface area contributed by atoms with Crippen molar-refractivity contribution < 1.29 is 14.3 Å². The zero-order valence-corrected chi connectivity index (χ0v) is 12.1. The quantitative estimate of drug-likeness (QED) is 0.882. The van der Waals surface area contributed by atoms with Gasteiger partial charge in [-0.3, -0.25) is 9.78 Å². The fourth-order valence-electron chi connectivity index (χ4n) is 1.62. The van der Waals surface area contributed by atoms with Crippen molar-refractivity contribution in [2.24, 2.45) is 0 Å². The number of hydrogen-bond donors (Lipinski definition) is 1. The molecule has 1 heterocycles. The SMILES string of the molecule is Cc1ccc(Cl)cc1NC(=O)COC(=O)c1ccncc1. The average molecular weight is 305 g/mol. The number of aromatic nitrogens is 1. The van der Waals surface area contributed by atoms with Gasteiger partial charge in [-0.25, -0.2) is 4.79 Å². The van der Waals surface area contributed by atoms with Crippen molar-refractivity contribution in [1.82, 2.24) is 4.98 Å². The third-order valence-electron chi connectivity index (χ3n) is 2.72. The number of ether oxygens (including phenoxy) is 1. The predicted octanol–water partition coefficient (Wildman–Crippen LogP) is 2.84. The van der Waals surface area contributed by atoms with Gasteiger partial charge in [0.25, 0.3) is 5.91 Å². The molecule has 0 unspecified atom stereocenters. The van der Waals surface area contributed by atoms with Crippen molar-refractivity contribution in [1.29, 1.82) is 0 Å². The largest absolute Gasteiger partial charge is 0.452 e. The fraction of sp³-hybridized carbons (Fsp3) is 0.133. The van der Waals surface area contributed by atoms with E-state index >= 15 is 0 Å². The molecule has 1 aromatic carbocycles. The van der Waals surface area contributed by atoms with Crippen LogP contribution in [0.5, 0.6) is 0 Å². The number of anilines is 1. The summed E-state index contributed by atoms with van der Waals surface area (Å²) >= 11 is 5.87. The fourth-order valence-corrected chi connectivity index (χ4v) is 1.79. The van der Waals surface area contributed by atoms with Crippen LogP contribution in [0.15, 0.2) is 42.7 Å². The Hall–Kier alpha value is -2.40. The lowest BCUT2D eigenvalue weighted by molar-refractivity contribution is -0.119. The molecule has 0 bridgehead atoms. The zero-order chi connectivity index (χ0) is 15.2. The van der Waals surface area contributed by atoms with Crippen molar-refractivity contribution in [3.63, 3.8) is 0 Å². The molecule has 1 amide bonds. The molecule has 0 saturated heterocycles. The Kier molecular flexibility index (Phi) is 4.90. The number of hydrogen-bond acceptors (Lipinski definition) is 4. The number of aryl methyl sites for hydroxylation is 1. The van der Waals surface area contributed by atoms with Gasteiger partial charge in [0, 0.05) is 23.1 Å². The number of pyridine rings is 1. The maximum atomic E-state index is 11.8.